The number of thiophene rings is 1. The molecule has 0 saturated heterocycles. The first-order valence-corrected chi connectivity index (χ1v) is 9.97. The van der Waals surface area contributed by atoms with Gasteiger partial charge in [-0.1, -0.05) is 18.2 Å². The zero-order valence-electron chi connectivity index (χ0n) is 15.9. The van der Waals surface area contributed by atoms with Crippen LogP contribution >= 0.6 is 11.3 Å². The SMILES string of the molecule is Cc1cc(C(=O)COc2cccc([C@@H](C)O)c2)c(C)n1CCc1cccs1. The molecule has 0 spiro atoms. The van der Waals surface area contributed by atoms with Crippen LogP contribution in [0.3, 0.4) is 0 Å². The Morgan fingerprint density at radius 2 is 2.04 bits per heavy atom. The topological polar surface area (TPSA) is 51.5 Å². The third-order valence-electron chi connectivity index (χ3n) is 4.75. The van der Waals surface area contributed by atoms with Crippen LogP contribution in [-0.4, -0.2) is 22.1 Å². The van der Waals surface area contributed by atoms with Crippen molar-refractivity contribution in [1.29, 1.82) is 0 Å². The van der Waals surface area contributed by atoms with Gasteiger partial charge in [-0.05, 0) is 62.4 Å². The molecule has 27 heavy (non-hydrogen) atoms. The first-order chi connectivity index (χ1) is 13.0. The Bertz CT molecular complexity index is 910. The minimum absolute atomic E-state index is 0.0154. The van der Waals surface area contributed by atoms with Gasteiger partial charge in [0.25, 0.3) is 0 Å². The molecule has 0 fully saturated rings. The number of ketones is 1. The van der Waals surface area contributed by atoms with E-state index in [0.29, 0.717) is 11.3 Å². The second kappa shape index (κ2) is 8.55. The molecule has 5 heteroatoms. The summed E-state index contributed by atoms with van der Waals surface area (Å²) >= 11 is 1.76. The van der Waals surface area contributed by atoms with Crippen molar-refractivity contribution >= 4 is 17.1 Å². The largest absolute Gasteiger partial charge is 0.485 e. The van der Waals surface area contributed by atoms with Crippen LogP contribution in [0.5, 0.6) is 5.75 Å². The number of aryl methyl sites for hydroxylation is 2. The van der Waals surface area contributed by atoms with Gasteiger partial charge in [-0.25, -0.2) is 0 Å². The summed E-state index contributed by atoms with van der Waals surface area (Å²) in [6, 6.07) is 13.4. The number of hydrogen-bond acceptors (Lipinski definition) is 4. The van der Waals surface area contributed by atoms with Crippen LogP contribution in [0.1, 0.15) is 45.2 Å². The zero-order valence-corrected chi connectivity index (χ0v) is 16.8. The van der Waals surface area contributed by atoms with Gasteiger partial charge >= 0.3 is 0 Å². The third-order valence-corrected chi connectivity index (χ3v) is 5.68. The standard InChI is InChI=1S/C22H25NO3S/c1-15-12-21(16(2)23(15)10-9-20-8-5-11-27-20)22(25)14-26-19-7-4-6-18(13-19)17(3)24/h4-8,11-13,17,24H,9-10,14H2,1-3H3/t17-/m1/s1. The predicted octanol–water partition coefficient (Wildman–Crippen LogP) is 4.72. The summed E-state index contributed by atoms with van der Waals surface area (Å²) in [5, 5.41) is 11.8. The fourth-order valence-corrected chi connectivity index (χ4v) is 3.89. The summed E-state index contributed by atoms with van der Waals surface area (Å²) in [4.78, 5) is 14.0. The fraction of sp³-hybridized carbons (Fsp3) is 0.318. The lowest BCUT2D eigenvalue weighted by atomic mass is 10.1. The monoisotopic (exact) mass is 383 g/mol. The molecule has 1 N–H and O–H groups in total. The quantitative estimate of drug-likeness (QED) is 0.573. The van der Waals surface area contributed by atoms with Crippen LogP contribution in [0.15, 0.2) is 47.8 Å². The lowest BCUT2D eigenvalue weighted by Crippen LogP contribution is -2.13. The molecule has 1 aromatic carbocycles. The van der Waals surface area contributed by atoms with Gasteiger partial charge in [-0.15, -0.1) is 11.3 Å². The molecule has 2 aromatic heterocycles. The van der Waals surface area contributed by atoms with Crippen molar-refractivity contribution in [1.82, 2.24) is 4.57 Å². The molecule has 0 amide bonds. The zero-order chi connectivity index (χ0) is 19.4. The van der Waals surface area contributed by atoms with E-state index >= 15 is 0 Å². The summed E-state index contributed by atoms with van der Waals surface area (Å²) in [7, 11) is 0. The highest BCUT2D eigenvalue weighted by atomic mass is 32.1. The Labute approximate surface area is 164 Å². The molecule has 0 unspecified atom stereocenters. The molecule has 0 saturated carbocycles. The number of rotatable bonds is 8. The Kier molecular flexibility index (Phi) is 6.14. The smallest absolute Gasteiger partial charge is 0.202 e. The molecule has 142 valence electrons. The average molecular weight is 384 g/mol. The Hall–Kier alpha value is -2.37. The second-order valence-electron chi connectivity index (χ2n) is 6.73. The normalized spacial score (nSPS) is 12.1. The Morgan fingerprint density at radius 3 is 2.74 bits per heavy atom. The number of carbonyl (C=O) groups excluding carboxylic acids is 1. The van der Waals surface area contributed by atoms with Crippen molar-refractivity contribution < 1.29 is 14.6 Å². The van der Waals surface area contributed by atoms with Crippen LogP contribution in [-0.2, 0) is 13.0 Å². The van der Waals surface area contributed by atoms with E-state index in [4.69, 9.17) is 4.74 Å². The first kappa shape index (κ1) is 19.4. The molecule has 3 rings (SSSR count). The molecule has 4 nitrogen and oxygen atoms in total. The van der Waals surface area contributed by atoms with Crippen molar-refractivity contribution in [3.05, 3.63) is 75.2 Å². The molecule has 0 aliphatic rings. The first-order valence-electron chi connectivity index (χ1n) is 9.09. The van der Waals surface area contributed by atoms with Gasteiger partial charge in [0.15, 0.2) is 6.61 Å². The number of nitrogens with zero attached hydrogens (tertiary/aromatic N) is 1. The van der Waals surface area contributed by atoms with Crippen LogP contribution in [0, 0.1) is 13.8 Å². The number of benzene rings is 1. The molecule has 0 aliphatic heterocycles. The van der Waals surface area contributed by atoms with Crippen LogP contribution in [0.2, 0.25) is 0 Å². The highest BCUT2D eigenvalue weighted by molar-refractivity contribution is 7.09. The minimum Gasteiger partial charge on any atom is -0.485 e. The maximum Gasteiger partial charge on any atom is 0.202 e. The van der Waals surface area contributed by atoms with Crippen LogP contribution in [0.4, 0.5) is 0 Å². The van der Waals surface area contributed by atoms with E-state index in [-0.39, 0.29) is 12.4 Å². The molecular weight excluding hydrogens is 358 g/mol. The van der Waals surface area contributed by atoms with E-state index in [1.165, 1.54) is 4.88 Å². The summed E-state index contributed by atoms with van der Waals surface area (Å²) in [5.74, 6) is 0.557. The summed E-state index contributed by atoms with van der Waals surface area (Å²) < 4.78 is 7.86. The van der Waals surface area contributed by atoms with Gasteiger partial charge < -0.3 is 14.4 Å². The molecule has 1 atom stereocenters. The minimum atomic E-state index is -0.563. The Morgan fingerprint density at radius 1 is 1.22 bits per heavy atom. The van der Waals surface area contributed by atoms with Crippen molar-refractivity contribution in [3.8, 4) is 5.75 Å². The molecule has 3 aromatic rings. The number of hydrogen-bond donors (Lipinski definition) is 1. The number of aromatic nitrogens is 1. The third kappa shape index (κ3) is 4.67. The van der Waals surface area contributed by atoms with Crippen molar-refractivity contribution in [2.45, 2.75) is 39.8 Å². The maximum absolute atomic E-state index is 12.7. The summed E-state index contributed by atoms with van der Waals surface area (Å²) in [6.45, 7) is 6.57. The molecular formula is C22H25NO3S. The lowest BCUT2D eigenvalue weighted by Gasteiger charge is -2.10. The highest BCUT2D eigenvalue weighted by Gasteiger charge is 2.16. The van der Waals surface area contributed by atoms with Crippen molar-refractivity contribution in [3.63, 3.8) is 0 Å². The van der Waals surface area contributed by atoms with E-state index in [9.17, 15) is 9.90 Å². The summed E-state index contributed by atoms with van der Waals surface area (Å²) in [5.41, 5.74) is 3.55. The number of carbonyl (C=O) groups is 1. The van der Waals surface area contributed by atoms with Gasteiger partial charge in [-0.2, -0.15) is 0 Å². The second-order valence-corrected chi connectivity index (χ2v) is 7.76. The number of ether oxygens (including phenoxy) is 1. The van der Waals surface area contributed by atoms with Crippen molar-refractivity contribution in [2.75, 3.05) is 6.61 Å². The van der Waals surface area contributed by atoms with E-state index in [2.05, 4.69) is 22.1 Å². The number of Topliss-reactive ketones (excluding diaryl/α,β-unsaturated/α-hetero) is 1. The van der Waals surface area contributed by atoms with Gasteiger partial charge in [-0.3, -0.25) is 4.79 Å². The summed E-state index contributed by atoms with van der Waals surface area (Å²) in [6.07, 6.45) is 0.399. The molecule has 0 bridgehead atoms. The number of aliphatic hydroxyl groups is 1. The molecule has 2 heterocycles. The van der Waals surface area contributed by atoms with E-state index < -0.39 is 6.10 Å². The fourth-order valence-electron chi connectivity index (χ4n) is 3.20. The maximum atomic E-state index is 12.7. The van der Waals surface area contributed by atoms with Gasteiger partial charge in [0, 0.05) is 28.4 Å². The van der Waals surface area contributed by atoms with Gasteiger partial charge in [0.1, 0.15) is 5.75 Å². The average Bonchev–Trinajstić information content (AvgIpc) is 3.26. The van der Waals surface area contributed by atoms with Gasteiger partial charge in [0.05, 0.1) is 6.10 Å². The van der Waals surface area contributed by atoms with Crippen molar-refractivity contribution in [2.24, 2.45) is 0 Å². The van der Waals surface area contributed by atoms with E-state index in [1.807, 2.05) is 32.0 Å². The number of aliphatic hydroxyl groups excluding tert-OH is 1. The Balaban J connectivity index is 1.66. The lowest BCUT2D eigenvalue weighted by molar-refractivity contribution is 0.0920. The predicted molar refractivity (Wildman–Crippen MR) is 109 cm³/mol. The molecule has 0 aliphatic carbocycles. The van der Waals surface area contributed by atoms with E-state index in [1.54, 1.807) is 30.4 Å². The van der Waals surface area contributed by atoms with Gasteiger partial charge in [0.2, 0.25) is 5.78 Å². The molecule has 0 radical (unpaired) electrons. The van der Waals surface area contributed by atoms with E-state index in [0.717, 1.165) is 29.9 Å². The highest BCUT2D eigenvalue weighted by Crippen LogP contribution is 2.21. The van der Waals surface area contributed by atoms with Crippen LogP contribution in [0.25, 0.3) is 0 Å². The van der Waals surface area contributed by atoms with Crippen LogP contribution < -0.4 is 4.74 Å².